The molecule has 3 rings (SSSR count). The van der Waals surface area contributed by atoms with Gasteiger partial charge in [0.15, 0.2) is 5.82 Å². The molecule has 0 spiro atoms. The molecular weight excluding hydrogens is 426 g/mol. The third-order valence-electron chi connectivity index (χ3n) is 5.06. The highest BCUT2D eigenvalue weighted by molar-refractivity contribution is 7.99. The molecule has 0 bridgehead atoms. The van der Waals surface area contributed by atoms with Crippen molar-refractivity contribution in [3.05, 3.63) is 35.0 Å². The minimum Gasteiger partial charge on any atom is -0.381 e. The van der Waals surface area contributed by atoms with Gasteiger partial charge in [-0.1, -0.05) is 35.5 Å². The van der Waals surface area contributed by atoms with E-state index in [1.165, 1.54) is 17.8 Å². The molecule has 1 aromatic carbocycles. The number of anilines is 2. The minimum absolute atomic E-state index is 0.166. The van der Waals surface area contributed by atoms with Gasteiger partial charge >= 0.3 is 0 Å². The second-order valence-electron chi connectivity index (χ2n) is 7.56. The van der Waals surface area contributed by atoms with Gasteiger partial charge in [-0.05, 0) is 31.4 Å². The van der Waals surface area contributed by atoms with Crippen LogP contribution in [0.5, 0.6) is 0 Å². The van der Waals surface area contributed by atoms with Crippen LogP contribution in [0.3, 0.4) is 0 Å². The van der Waals surface area contributed by atoms with E-state index in [-0.39, 0.29) is 21.9 Å². The van der Waals surface area contributed by atoms with E-state index in [9.17, 15) is 9.59 Å². The van der Waals surface area contributed by atoms with Crippen LogP contribution >= 0.6 is 23.4 Å². The maximum Gasteiger partial charge on any atom is 0.234 e. The average Bonchev–Trinajstić information content (AvgIpc) is 2.66. The third kappa shape index (κ3) is 4.77. The van der Waals surface area contributed by atoms with Gasteiger partial charge in [-0.15, -0.1) is 0 Å². The molecule has 2 amide bonds. The van der Waals surface area contributed by atoms with Crippen molar-refractivity contribution in [1.29, 1.82) is 0 Å². The van der Waals surface area contributed by atoms with Gasteiger partial charge in [0.25, 0.3) is 0 Å². The molecule has 1 aromatic heterocycles. The van der Waals surface area contributed by atoms with E-state index < -0.39 is 17.7 Å². The van der Waals surface area contributed by atoms with Crippen molar-refractivity contribution in [2.75, 3.05) is 23.7 Å². The number of carbonyl (C=O) groups is 2. The molecule has 8 N–H and O–H groups in total. The smallest absolute Gasteiger partial charge is 0.234 e. The minimum atomic E-state index is -1.32. The summed E-state index contributed by atoms with van der Waals surface area (Å²) in [5, 5.41) is 0.641. The molecule has 11 heteroatoms. The second-order valence-corrected chi connectivity index (χ2v) is 8.97. The van der Waals surface area contributed by atoms with E-state index in [0.29, 0.717) is 15.7 Å². The lowest BCUT2D eigenvalue weighted by atomic mass is 9.91. The van der Waals surface area contributed by atoms with E-state index in [0.717, 1.165) is 25.9 Å². The van der Waals surface area contributed by atoms with Crippen LogP contribution in [0.1, 0.15) is 31.2 Å². The Hall–Kier alpha value is -2.56. The molecule has 160 valence electrons. The first kappa shape index (κ1) is 22.1. The summed E-state index contributed by atoms with van der Waals surface area (Å²) in [7, 11) is 0. The Bertz CT molecular complexity index is 961. The molecule has 0 unspecified atom stereocenters. The lowest BCUT2D eigenvalue weighted by Gasteiger charge is -2.37. The molecule has 0 aliphatic carbocycles. The van der Waals surface area contributed by atoms with Gasteiger partial charge < -0.3 is 27.8 Å². The van der Waals surface area contributed by atoms with Crippen LogP contribution < -0.4 is 27.8 Å². The number of amides is 2. The van der Waals surface area contributed by atoms with Crippen LogP contribution in [0, 0.1) is 0 Å². The van der Waals surface area contributed by atoms with E-state index in [1.54, 1.807) is 18.3 Å². The quantitative estimate of drug-likeness (QED) is 0.477. The molecule has 2 aromatic rings. The van der Waals surface area contributed by atoms with Gasteiger partial charge in [0.05, 0.1) is 11.2 Å². The standard InChI is InChI=1S/C19H24ClN7O2S/c1-19(24)5-7-27(8-6-19)12-9-25-18(15(21)26-12)30-11-4-2-3-10(14(11)20)13(16(22)28)17(23)29/h2-4,9,13H,5-8,24H2,1H3,(H2,21,26)(H2,22,28)(H2,23,29). The Kier molecular flexibility index (Phi) is 6.39. The number of benzene rings is 1. The zero-order valence-electron chi connectivity index (χ0n) is 16.5. The molecular formula is C19H24ClN7O2S. The SMILES string of the molecule is CC1(N)CCN(c2cnc(Sc3cccc(C(C(N)=O)C(N)=O)c3Cl)c(N)n2)CC1. The first-order valence-corrected chi connectivity index (χ1v) is 10.5. The summed E-state index contributed by atoms with van der Waals surface area (Å²) in [5.74, 6) is -2.12. The maximum atomic E-state index is 11.6. The molecule has 1 aliphatic heterocycles. The van der Waals surface area contributed by atoms with Crippen LogP contribution in [0.2, 0.25) is 5.02 Å². The molecule has 0 radical (unpaired) electrons. The van der Waals surface area contributed by atoms with Crippen molar-refractivity contribution >= 4 is 46.8 Å². The fourth-order valence-corrected chi connectivity index (χ4v) is 4.41. The Labute approximate surface area is 183 Å². The van der Waals surface area contributed by atoms with Crippen molar-refractivity contribution in [2.24, 2.45) is 17.2 Å². The van der Waals surface area contributed by atoms with Crippen molar-refractivity contribution < 1.29 is 9.59 Å². The molecule has 2 heterocycles. The molecule has 9 nitrogen and oxygen atoms in total. The van der Waals surface area contributed by atoms with Crippen LogP contribution in [-0.2, 0) is 9.59 Å². The van der Waals surface area contributed by atoms with Gasteiger partial charge in [0, 0.05) is 23.5 Å². The van der Waals surface area contributed by atoms with E-state index in [2.05, 4.69) is 14.9 Å². The molecule has 1 saturated heterocycles. The average molecular weight is 450 g/mol. The lowest BCUT2D eigenvalue weighted by molar-refractivity contribution is -0.128. The number of piperidine rings is 1. The maximum absolute atomic E-state index is 11.6. The third-order valence-corrected chi connectivity index (χ3v) is 6.66. The molecule has 0 atom stereocenters. The molecule has 30 heavy (non-hydrogen) atoms. The number of nitrogen functional groups attached to an aromatic ring is 1. The van der Waals surface area contributed by atoms with Gasteiger partial charge in [-0.3, -0.25) is 9.59 Å². The number of primary amides is 2. The first-order chi connectivity index (χ1) is 14.1. The van der Waals surface area contributed by atoms with Crippen LogP contribution in [-0.4, -0.2) is 40.4 Å². The van der Waals surface area contributed by atoms with Crippen molar-refractivity contribution in [3.63, 3.8) is 0 Å². The zero-order chi connectivity index (χ0) is 22.1. The number of rotatable bonds is 6. The zero-order valence-corrected chi connectivity index (χ0v) is 18.0. The fraction of sp³-hybridized carbons (Fsp3) is 0.368. The monoisotopic (exact) mass is 449 g/mol. The van der Waals surface area contributed by atoms with Crippen molar-refractivity contribution in [3.8, 4) is 0 Å². The number of nitrogens with zero attached hydrogens (tertiary/aromatic N) is 3. The Morgan fingerprint density at radius 2 is 1.87 bits per heavy atom. The lowest BCUT2D eigenvalue weighted by Crippen LogP contribution is -2.48. The van der Waals surface area contributed by atoms with Gasteiger partial charge in [0.1, 0.15) is 16.8 Å². The van der Waals surface area contributed by atoms with Crippen molar-refractivity contribution in [2.45, 2.75) is 41.1 Å². The van der Waals surface area contributed by atoms with Crippen LogP contribution in [0.25, 0.3) is 0 Å². The second kappa shape index (κ2) is 8.66. The molecule has 0 saturated carbocycles. The van der Waals surface area contributed by atoms with Gasteiger partial charge in [-0.25, -0.2) is 9.97 Å². The largest absolute Gasteiger partial charge is 0.381 e. The van der Waals surface area contributed by atoms with Crippen molar-refractivity contribution in [1.82, 2.24) is 9.97 Å². The number of halogens is 1. The van der Waals surface area contributed by atoms with Gasteiger partial charge in [-0.2, -0.15) is 0 Å². The normalized spacial score (nSPS) is 15.9. The number of aromatic nitrogens is 2. The van der Waals surface area contributed by atoms with E-state index in [4.69, 9.17) is 34.5 Å². The Morgan fingerprint density at radius 1 is 1.23 bits per heavy atom. The summed E-state index contributed by atoms with van der Waals surface area (Å²) in [5.41, 5.74) is 23.0. The predicted molar refractivity (Wildman–Crippen MR) is 117 cm³/mol. The Morgan fingerprint density at radius 3 is 2.43 bits per heavy atom. The summed E-state index contributed by atoms with van der Waals surface area (Å²) in [6, 6.07) is 4.90. The fourth-order valence-electron chi connectivity index (χ4n) is 3.24. The number of hydrogen-bond donors (Lipinski definition) is 4. The summed E-state index contributed by atoms with van der Waals surface area (Å²) in [6.45, 7) is 3.61. The van der Waals surface area contributed by atoms with Crippen LogP contribution in [0.15, 0.2) is 34.3 Å². The highest BCUT2D eigenvalue weighted by Crippen LogP contribution is 2.39. The first-order valence-electron chi connectivity index (χ1n) is 9.30. The molecule has 1 aliphatic rings. The number of carbonyl (C=O) groups excluding carboxylic acids is 2. The predicted octanol–water partition coefficient (Wildman–Crippen LogP) is 1.24. The topological polar surface area (TPSA) is 167 Å². The highest BCUT2D eigenvalue weighted by Gasteiger charge is 2.28. The number of nitrogens with two attached hydrogens (primary N) is 4. The van der Waals surface area contributed by atoms with E-state index >= 15 is 0 Å². The van der Waals surface area contributed by atoms with E-state index in [1.807, 2.05) is 6.92 Å². The summed E-state index contributed by atoms with van der Waals surface area (Å²) in [6.07, 6.45) is 3.37. The summed E-state index contributed by atoms with van der Waals surface area (Å²) < 4.78 is 0. The summed E-state index contributed by atoms with van der Waals surface area (Å²) >= 11 is 7.61. The number of hydrogen-bond acceptors (Lipinski definition) is 8. The summed E-state index contributed by atoms with van der Waals surface area (Å²) in [4.78, 5) is 34.8. The molecule has 1 fully saturated rings. The highest BCUT2D eigenvalue weighted by atomic mass is 35.5. The van der Waals surface area contributed by atoms with Gasteiger partial charge in [0.2, 0.25) is 11.8 Å². The Balaban J connectivity index is 1.83. The van der Waals surface area contributed by atoms with Crippen LogP contribution in [0.4, 0.5) is 11.6 Å².